The molecule has 25 heavy (non-hydrogen) atoms. The second-order valence-corrected chi connectivity index (χ2v) is 9.75. The topological polar surface area (TPSA) is 128 Å². The predicted molar refractivity (Wildman–Crippen MR) is 93.7 cm³/mol. The van der Waals surface area contributed by atoms with Crippen molar-refractivity contribution in [2.24, 2.45) is 5.41 Å². The highest BCUT2D eigenvalue weighted by Crippen LogP contribution is 2.30. The van der Waals surface area contributed by atoms with Gasteiger partial charge in [-0.05, 0) is 39.5 Å². The summed E-state index contributed by atoms with van der Waals surface area (Å²) in [4.78, 5) is 12.0. The van der Waals surface area contributed by atoms with Crippen LogP contribution in [0.4, 0.5) is 4.79 Å². The van der Waals surface area contributed by atoms with Crippen LogP contribution in [-0.4, -0.2) is 53.9 Å². The van der Waals surface area contributed by atoms with Crippen LogP contribution < -0.4 is 5.32 Å². The largest absolute Gasteiger partial charge is 0.444 e. The molecule has 1 amide bonds. The van der Waals surface area contributed by atoms with Gasteiger partial charge in [0.15, 0.2) is 0 Å². The van der Waals surface area contributed by atoms with Crippen molar-refractivity contribution >= 4 is 27.6 Å². The Bertz CT molecular complexity index is 568. The van der Waals surface area contributed by atoms with Gasteiger partial charge in [0.05, 0.1) is 25.0 Å². The molecule has 2 N–H and O–H groups in total. The summed E-state index contributed by atoms with van der Waals surface area (Å²) in [6.07, 6.45) is -0.229. The number of hydrogen-bond acceptors (Lipinski definition) is 7. The lowest BCUT2D eigenvalue weighted by atomic mass is 9.81. The molecule has 0 saturated carbocycles. The first-order chi connectivity index (χ1) is 11.0. The first kappa shape index (κ1) is 24.2. The van der Waals surface area contributed by atoms with Crippen molar-refractivity contribution in [2.45, 2.75) is 65.7 Å². The molecule has 9 nitrogen and oxygen atoms in total. The molecule has 0 aromatic carbocycles. The maximum Gasteiger partial charge on any atom is 0.407 e. The number of nitrogens with one attached hydrogen (secondary N) is 1. The second kappa shape index (κ2) is 9.26. The summed E-state index contributed by atoms with van der Waals surface area (Å²) in [5.41, 5.74) is -1.38. The third kappa shape index (κ3) is 12.3. The molecule has 3 atom stereocenters. The Morgan fingerprint density at radius 2 is 1.76 bits per heavy atom. The van der Waals surface area contributed by atoms with Crippen molar-refractivity contribution < 1.29 is 35.1 Å². The molecule has 0 aromatic heterocycles. The van der Waals surface area contributed by atoms with Gasteiger partial charge < -0.3 is 10.1 Å². The van der Waals surface area contributed by atoms with Gasteiger partial charge in [0, 0.05) is 0 Å². The molecule has 0 saturated heterocycles. The zero-order valence-corrected chi connectivity index (χ0v) is 17.3. The van der Waals surface area contributed by atoms with Crippen LogP contribution in [0.2, 0.25) is 0 Å². The minimum atomic E-state index is -3.70. The van der Waals surface area contributed by atoms with Gasteiger partial charge in [-0.15, -0.1) is 0 Å². The summed E-state index contributed by atoms with van der Waals surface area (Å²) in [6, 6.07) is -0.710. The molecular formula is C14H29NO8S2. The molecule has 0 aliphatic heterocycles. The lowest BCUT2D eigenvalue weighted by Gasteiger charge is -2.34. The quantitative estimate of drug-likeness (QED) is 0.441. The smallest absolute Gasteiger partial charge is 0.407 e. The Hall–Kier alpha value is -0.750. The van der Waals surface area contributed by atoms with Gasteiger partial charge in [-0.3, -0.25) is 12.9 Å². The van der Waals surface area contributed by atoms with Gasteiger partial charge in [0.1, 0.15) is 5.60 Å². The van der Waals surface area contributed by atoms with E-state index in [2.05, 4.69) is 5.32 Å². The predicted octanol–water partition coefficient (Wildman–Crippen LogP) is 1.81. The second-order valence-electron chi connectivity index (χ2n) is 7.48. The summed E-state index contributed by atoms with van der Waals surface area (Å²) < 4.78 is 57.0. The third-order valence-electron chi connectivity index (χ3n) is 3.30. The standard InChI is InChI=1S/C14H29NO8S2/c1-10(23-24(17)18)14(5,6)8-11(9-21-25(7,19)20)15-12(16)22-13(2,3)4/h10-11H,8-9H2,1-7H3,(H,15,16)(H,17,18)/t10?,11-/m0/s1. The molecule has 0 radical (unpaired) electrons. The summed E-state index contributed by atoms with van der Waals surface area (Å²) in [5, 5.41) is 2.57. The average molecular weight is 404 g/mol. The molecule has 0 spiro atoms. The summed E-state index contributed by atoms with van der Waals surface area (Å²) in [5.74, 6) is 0. The van der Waals surface area contributed by atoms with E-state index < -0.39 is 50.7 Å². The normalized spacial score (nSPS) is 16.8. The van der Waals surface area contributed by atoms with Crippen molar-refractivity contribution in [3.63, 3.8) is 0 Å². The third-order valence-corrected chi connectivity index (χ3v) is 4.32. The van der Waals surface area contributed by atoms with E-state index in [4.69, 9.17) is 17.7 Å². The number of ether oxygens (including phenoxy) is 1. The highest BCUT2D eigenvalue weighted by Gasteiger charge is 2.33. The van der Waals surface area contributed by atoms with Crippen molar-refractivity contribution in [2.75, 3.05) is 12.9 Å². The Labute approximate surface area is 152 Å². The van der Waals surface area contributed by atoms with E-state index in [0.29, 0.717) is 0 Å². The number of carbonyl (C=O) groups is 1. The van der Waals surface area contributed by atoms with E-state index in [1.807, 2.05) is 0 Å². The zero-order valence-electron chi connectivity index (χ0n) is 15.7. The maximum atomic E-state index is 12.0. The van der Waals surface area contributed by atoms with E-state index in [1.54, 1.807) is 41.5 Å². The molecule has 0 heterocycles. The fraction of sp³-hybridized carbons (Fsp3) is 0.929. The minimum absolute atomic E-state index is 0.222. The molecule has 2 unspecified atom stereocenters. The number of hydrogen-bond donors (Lipinski definition) is 2. The first-order valence-corrected chi connectivity index (χ1v) is 10.5. The van der Waals surface area contributed by atoms with Crippen LogP contribution in [0.25, 0.3) is 0 Å². The van der Waals surface area contributed by atoms with E-state index >= 15 is 0 Å². The van der Waals surface area contributed by atoms with Crippen molar-refractivity contribution in [3.8, 4) is 0 Å². The lowest BCUT2D eigenvalue weighted by Crippen LogP contribution is -2.46. The molecular weight excluding hydrogens is 374 g/mol. The van der Waals surface area contributed by atoms with Crippen LogP contribution in [0.3, 0.4) is 0 Å². The Balaban J connectivity index is 5.11. The Morgan fingerprint density at radius 3 is 2.16 bits per heavy atom. The molecule has 0 rings (SSSR count). The van der Waals surface area contributed by atoms with Crippen LogP contribution >= 0.6 is 0 Å². The molecule has 0 aliphatic carbocycles. The maximum absolute atomic E-state index is 12.0. The Morgan fingerprint density at radius 1 is 1.24 bits per heavy atom. The molecule has 150 valence electrons. The SMILES string of the molecule is CC(OS(=O)O)C(C)(C)C[C@@H](COS(C)(=O)=O)NC(=O)OC(C)(C)C. The van der Waals surface area contributed by atoms with E-state index in [-0.39, 0.29) is 13.0 Å². The highest BCUT2D eigenvalue weighted by atomic mass is 32.2. The van der Waals surface area contributed by atoms with Crippen LogP contribution in [0.5, 0.6) is 0 Å². The lowest BCUT2D eigenvalue weighted by molar-refractivity contribution is 0.0398. The van der Waals surface area contributed by atoms with Gasteiger partial charge >= 0.3 is 17.5 Å². The summed E-state index contributed by atoms with van der Waals surface area (Å²) >= 11 is -2.44. The average Bonchev–Trinajstić information content (AvgIpc) is 2.31. The van der Waals surface area contributed by atoms with Crippen molar-refractivity contribution in [1.82, 2.24) is 5.32 Å². The van der Waals surface area contributed by atoms with Crippen LogP contribution in [-0.2, 0) is 34.6 Å². The molecule has 0 aromatic rings. The zero-order chi connectivity index (χ0) is 20.1. The molecule has 0 fully saturated rings. The van der Waals surface area contributed by atoms with Gasteiger partial charge in [0.25, 0.3) is 10.1 Å². The van der Waals surface area contributed by atoms with E-state index in [1.165, 1.54) is 0 Å². The summed E-state index contributed by atoms with van der Waals surface area (Å²) in [6.45, 7) is 9.93. The van der Waals surface area contributed by atoms with E-state index in [0.717, 1.165) is 6.26 Å². The van der Waals surface area contributed by atoms with E-state index in [9.17, 15) is 17.4 Å². The highest BCUT2D eigenvalue weighted by molar-refractivity contribution is 7.85. The van der Waals surface area contributed by atoms with Crippen molar-refractivity contribution in [1.29, 1.82) is 0 Å². The van der Waals surface area contributed by atoms with Gasteiger partial charge in [-0.1, -0.05) is 13.8 Å². The first-order valence-electron chi connectivity index (χ1n) is 7.64. The monoisotopic (exact) mass is 403 g/mol. The number of alkyl carbamates (subject to hydrolysis) is 1. The molecule has 0 aliphatic rings. The molecule has 0 bridgehead atoms. The summed E-state index contributed by atoms with van der Waals surface area (Å²) in [7, 11) is -3.70. The van der Waals surface area contributed by atoms with Gasteiger partial charge in [0.2, 0.25) is 0 Å². The number of rotatable bonds is 9. The van der Waals surface area contributed by atoms with Gasteiger partial charge in [-0.2, -0.15) is 12.6 Å². The van der Waals surface area contributed by atoms with Gasteiger partial charge in [-0.25, -0.2) is 4.79 Å². The van der Waals surface area contributed by atoms with Crippen molar-refractivity contribution in [3.05, 3.63) is 0 Å². The van der Waals surface area contributed by atoms with Crippen LogP contribution in [0, 0.1) is 5.41 Å². The molecule has 11 heteroatoms. The number of carbonyl (C=O) groups excluding carboxylic acids is 1. The fourth-order valence-corrected chi connectivity index (χ4v) is 2.81. The fourth-order valence-electron chi connectivity index (χ4n) is 1.89. The minimum Gasteiger partial charge on any atom is -0.444 e. The Kier molecular flexibility index (Phi) is 8.99. The number of amides is 1. The van der Waals surface area contributed by atoms with Crippen LogP contribution in [0.15, 0.2) is 0 Å². The van der Waals surface area contributed by atoms with Crippen LogP contribution in [0.1, 0.15) is 48.0 Å².